The second kappa shape index (κ2) is 5.93. The van der Waals surface area contributed by atoms with Crippen LogP contribution in [0.1, 0.15) is 17.0 Å². The molecule has 2 rings (SSSR count). The minimum Gasteiger partial charge on any atom is -0.257 e. The Hall–Kier alpha value is -0.760. The Bertz CT molecular complexity index is 706. The van der Waals surface area contributed by atoms with Gasteiger partial charge in [-0.2, -0.15) is 4.31 Å². The second-order valence-corrected chi connectivity index (χ2v) is 9.20. The zero-order valence-corrected chi connectivity index (χ0v) is 14.6. The first-order chi connectivity index (χ1) is 9.30. The summed E-state index contributed by atoms with van der Waals surface area (Å²) in [4.78, 5) is 4.33. The summed E-state index contributed by atoms with van der Waals surface area (Å²) < 4.78 is 27.5. The molecule has 2 aromatic heterocycles. The summed E-state index contributed by atoms with van der Waals surface area (Å²) >= 11 is 4.59. The van der Waals surface area contributed by atoms with Gasteiger partial charge in [-0.05, 0) is 53.5 Å². The summed E-state index contributed by atoms with van der Waals surface area (Å²) in [6, 6.07) is 7.28. The Kier molecular flexibility index (Phi) is 4.63. The van der Waals surface area contributed by atoms with Crippen LogP contribution in [0.25, 0.3) is 0 Å². The summed E-state index contributed by atoms with van der Waals surface area (Å²) in [6.07, 6.45) is 0. The van der Waals surface area contributed by atoms with Gasteiger partial charge >= 0.3 is 0 Å². The predicted octanol–water partition coefficient (Wildman–Crippen LogP) is 3.34. The molecule has 4 nitrogen and oxygen atoms in total. The number of nitrogens with zero attached hydrogens (tertiary/aromatic N) is 2. The van der Waals surface area contributed by atoms with Crippen molar-refractivity contribution >= 4 is 37.3 Å². The number of aryl methyl sites for hydroxylation is 2. The van der Waals surface area contributed by atoms with Crippen molar-refractivity contribution in [1.29, 1.82) is 0 Å². The average Bonchev–Trinajstić information content (AvgIpc) is 2.70. The topological polar surface area (TPSA) is 50.3 Å². The standard InChI is InChI=1S/C13H15BrN2O2S2/c1-9-7-12(19-13(9)14)20(17,18)16(3)8-11-6-4-5-10(2)15-11/h4-7H,8H2,1-3H3. The van der Waals surface area contributed by atoms with Crippen LogP contribution < -0.4 is 0 Å². The Balaban J connectivity index is 2.25. The highest BCUT2D eigenvalue weighted by atomic mass is 79.9. The third kappa shape index (κ3) is 3.28. The molecule has 0 unspecified atom stereocenters. The molecule has 0 saturated carbocycles. The fourth-order valence-corrected chi connectivity index (χ4v) is 5.29. The van der Waals surface area contributed by atoms with Gasteiger partial charge in [-0.15, -0.1) is 11.3 Å². The molecule has 0 radical (unpaired) electrons. The van der Waals surface area contributed by atoms with Gasteiger partial charge in [0.05, 0.1) is 16.0 Å². The molecule has 0 bridgehead atoms. The molecule has 0 N–H and O–H groups in total. The molecular formula is C13H15BrN2O2S2. The lowest BCUT2D eigenvalue weighted by molar-refractivity contribution is 0.463. The third-order valence-corrected chi connectivity index (χ3v) is 7.22. The minimum atomic E-state index is -3.47. The van der Waals surface area contributed by atoms with Gasteiger partial charge in [0.15, 0.2) is 0 Å². The van der Waals surface area contributed by atoms with Crippen LogP contribution in [0.3, 0.4) is 0 Å². The summed E-state index contributed by atoms with van der Waals surface area (Å²) in [5.74, 6) is 0. The third-order valence-electron chi connectivity index (χ3n) is 2.83. The second-order valence-electron chi connectivity index (χ2n) is 4.55. The van der Waals surface area contributed by atoms with E-state index in [1.165, 1.54) is 15.6 Å². The van der Waals surface area contributed by atoms with E-state index < -0.39 is 10.0 Å². The highest BCUT2D eigenvalue weighted by Gasteiger charge is 2.24. The van der Waals surface area contributed by atoms with Crippen molar-refractivity contribution < 1.29 is 8.42 Å². The van der Waals surface area contributed by atoms with Gasteiger partial charge in [0.1, 0.15) is 4.21 Å². The Morgan fingerprint density at radius 2 is 2.05 bits per heavy atom. The smallest absolute Gasteiger partial charge is 0.252 e. The van der Waals surface area contributed by atoms with E-state index >= 15 is 0 Å². The normalized spacial score (nSPS) is 12.1. The first-order valence-corrected chi connectivity index (χ1v) is 9.00. The van der Waals surface area contributed by atoms with Crippen molar-refractivity contribution in [1.82, 2.24) is 9.29 Å². The summed E-state index contributed by atoms with van der Waals surface area (Å²) in [5, 5.41) is 0. The first kappa shape index (κ1) is 15.6. The van der Waals surface area contributed by atoms with E-state index in [4.69, 9.17) is 0 Å². The number of pyridine rings is 1. The number of rotatable bonds is 4. The van der Waals surface area contributed by atoms with E-state index in [0.717, 1.165) is 20.7 Å². The van der Waals surface area contributed by atoms with E-state index in [1.54, 1.807) is 13.1 Å². The fraction of sp³-hybridized carbons (Fsp3) is 0.308. The quantitative estimate of drug-likeness (QED) is 0.824. The lowest BCUT2D eigenvalue weighted by atomic mass is 10.3. The van der Waals surface area contributed by atoms with Crippen molar-refractivity contribution in [3.63, 3.8) is 0 Å². The number of halogens is 1. The molecule has 0 spiro atoms. The molecule has 0 aliphatic heterocycles. The van der Waals surface area contributed by atoms with E-state index in [9.17, 15) is 8.42 Å². The van der Waals surface area contributed by atoms with Gasteiger partial charge in [-0.3, -0.25) is 4.98 Å². The van der Waals surface area contributed by atoms with Gasteiger partial charge in [0.25, 0.3) is 10.0 Å². The van der Waals surface area contributed by atoms with Gasteiger partial charge in [0.2, 0.25) is 0 Å². The highest BCUT2D eigenvalue weighted by Crippen LogP contribution is 2.32. The van der Waals surface area contributed by atoms with Crippen LogP contribution in [0.5, 0.6) is 0 Å². The maximum atomic E-state index is 12.5. The van der Waals surface area contributed by atoms with Gasteiger partial charge in [0, 0.05) is 12.7 Å². The molecule has 0 atom stereocenters. The number of hydrogen-bond donors (Lipinski definition) is 0. The lowest BCUT2D eigenvalue weighted by Gasteiger charge is -2.15. The predicted molar refractivity (Wildman–Crippen MR) is 84.4 cm³/mol. The molecule has 108 valence electrons. The fourth-order valence-electron chi connectivity index (χ4n) is 1.71. The first-order valence-electron chi connectivity index (χ1n) is 5.95. The molecule has 0 aliphatic rings. The van der Waals surface area contributed by atoms with Crippen LogP contribution in [0.15, 0.2) is 32.3 Å². The molecule has 2 aromatic rings. The summed E-state index contributed by atoms with van der Waals surface area (Å²) in [6.45, 7) is 4.03. The lowest BCUT2D eigenvalue weighted by Crippen LogP contribution is -2.26. The van der Waals surface area contributed by atoms with Crippen LogP contribution in [-0.4, -0.2) is 24.8 Å². The largest absolute Gasteiger partial charge is 0.257 e. The van der Waals surface area contributed by atoms with Crippen molar-refractivity contribution in [2.24, 2.45) is 0 Å². The SMILES string of the molecule is Cc1cccc(CN(C)S(=O)(=O)c2cc(C)c(Br)s2)n1. The van der Waals surface area contributed by atoms with Crippen LogP contribution >= 0.6 is 27.3 Å². The molecule has 0 amide bonds. The monoisotopic (exact) mass is 374 g/mol. The minimum absolute atomic E-state index is 0.262. The van der Waals surface area contributed by atoms with Gasteiger partial charge in [-0.1, -0.05) is 6.07 Å². The molecule has 20 heavy (non-hydrogen) atoms. The van der Waals surface area contributed by atoms with Crippen LogP contribution in [0.2, 0.25) is 0 Å². The molecule has 2 heterocycles. The van der Waals surface area contributed by atoms with E-state index in [1.807, 2.05) is 32.0 Å². The van der Waals surface area contributed by atoms with E-state index in [2.05, 4.69) is 20.9 Å². The molecule has 7 heteroatoms. The number of sulfonamides is 1. The Labute approximate surface area is 131 Å². The van der Waals surface area contributed by atoms with E-state index in [-0.39, 0.29) is 6.54 Å². The maximum absolute atomic E-state index is 12.5. The van der Waals surface area contributed by atoms with Crippen LogP contribution in [-0.2, 0) is 16.6 Å². The van der Waals surface area contributed by atoms with E-state index in [0.29, 0.717) is 4.21 Å². The maximum Gasteiger partial charge on any atom is 0.252 e. The average molecular weight is 375 g/mol. The van der Waals surface area contributed by atoms with Crippen molar-refractivity contribution in [2.75, 3.05) is 7.05 Å². The number of aromatic nitrogens is 1. The molecule has 0 fully saturated rings. The van der Waals surface area contributed by atoms with Crippen LogP contribution in [0, 0.1) is 13.8 Å². The summed E-state index contributed by atoms with van der Waals surface area (Å²) in [7, 11) is -1.90. The molecule has 0 aliphatic carbocycles. The zero-order valence-electron chi connectivity index (χ0n) is 11.4. The molecule has 0 saturated heterocycles. The van der Waals surface area contributed by atoms with Crippen molar-refractivity contribution in [3.05, 3.63) is 45.0 Å². The highest BCUT2D eigenvalue weighted by molar-refractivity contribution is 9.11. The van der Waals surface area contributed by atoms with Crippen molar-refractivity contribution in [3.8, 4) is 0 Å². The Morgan fingerprint density at radius 3 is 2.60 bits per heavy atom. The van der Waals surface area contributed by atoms with Crippen LogP contribution in [0.4, 0.5) is 0 Å². The van der Waals surface area contributed by atoms with Gasteiger partial charge in [-0.25, -0.2) is 8.42 Å². The molecular weight excluding hydrogens is 360 g/mol. The number of thiophene rings is 1. The summed E-state index contributed by atoms with van der Waals surface area (Å²) in [5.41, 5.74) is 2.54. The van der Waals surface area contributed by atoms with Gasteiger partial charge < -0.3 is 0 Å². The Morgan fingerprint density at radius 1 is 1.35 bits per heavy atom. The zero-order chi connectivity index (χ0) is 14.9. The molecule has 0 aromatic carbocycles. The number of hydrogen-bond acceptors (Lipinski definition) is 4. The van der Waals surface area contributed by atoms with Crippen molar-refractivity contribution in [2.45, 2.75) is 24.6 Å².